The van der Waals surface area contributed by atoms with Crippen molar-refractivity contribution in [3.8, 4) is 11.5 Å². The van der Waals surface area contributed by atoms with Gasteiger partial charge in [0.15, 0.2) is 11.5 Å². The number of aromatic hydroxyl groups is 1. The third-order valence-corrected chi connectivity index (χ3v) is 4.59. The Morgan fingerprint density at radius 3 is 2.57 bits per heavy atom. The molecule has 1 aliphatic rings. The lowest BCUT2D eigenvalue weighted by Crippen LogP contribution is -2.43. The molecule has 5 nitrogen and oxygen atoms in total. The third kappa shape index (κ3) is 3.29. The van der Waals surface area contributed by atoms with Crippen molar-refractivity contribution in [2.45, 2.75) is 32.7 Å². The van der Waals surface area contributed by atoms with Crippen LogP contribution in [-0.2, 0) is 11.3 Å². The van der Waals surface area contributed by atoms with E-state index in [1.165, 1.54) is 7.11 Å². The minimum absolute atomic E-state index is 0.135. The number of benzene rings is 1. The number of likely N-dealkylation sites (tertiary alicyclic amines) is 1. The lowest BCUT2D eigenvalue weighted by molar-refractivity contribution is -0.152. The Morgan fingerprint density at radius 1 is 1.38 bits per heavy atom. The lowest BCUT2D eigenvalue weighted by Gasteiger charge is -2.38. The maximum atomic E-state index is 11.4. The lowest BCUT2D eigenvalue weighted by atomic mass is 9.76. The second-order valence-corrected chi connectivity index (χ2v) is 5.72. The van der Waals surface area contributed by atoms with Crippen LogP contribution in [0.3, 0.4) is 0 Å². The van der Waals surface area contributed by atoms with E-state index in [0.29, 0.717) is 25.0 Å². The van der Waals surface area contributed by atoms with E-state index in [2.05, 4.69) is 4.90 Å². The molecule has 2 rings (SSSR count). The van der Waals surface area contributed by atoms with Crippen LogP contribution in [0.4, 0.5) is 0 Å². The molecule has 0 atom stereocenters. The van der Waals surface area contributed by atoms with Crippen molar-refractivity contribution in [1.29, 1.82) is 0 Å². The zero-order chi connectivity index (χ0) is 15.5. The van der Waals surface area contributed by atoms with Gasteiger partial charge in [0.25, 0.3) is 0 Å². The average Bonchev–Trinajstić information content (AvgIpc) is 2.50. The fourth-order valence-corrected chi connectivity index (χ4v) is 2.94. The fraction of sp³-hybridized carbons (Fsp3) is 0.562. The number of piperidine rings is 1. The van der Waals surface area contributed by atoms with E-state index in [4.69, 9.17) is 4.74 Å². The fourth-order valence-electron chi connectivity index (χ4n) is 2.94. The molecule has 5 heteroatoms. The third-order valence-electron chi connectivity index (χ3n) is 4.59. The van der Waals surface area contributed by atoms with Crippen LogP contribution in [-0.4, -0.2) is 41.3 Å². The highest BCUT2D eigenvalue weighted by Gasteiger charge is 2.39. The molecule has 0 aromatic heterocycles. The summed E-state index contributed by atoms with van der Waals surface area (Å²) >= 11 is 0. The van der Waals surface area contributed by atoms with Crippen LogP contribution in [0.25, 0.3) is 0 Å². The Balaban J connectivity index is 1.99. The number of nitrogens with zero attached hydrogens (tertiary/aromatic N) is 1. The highest BCUT2D eigenvalue weighted by atomic mass is 16.5. The van der Waals surface area contributed by atoms with Gasteiger partial charge in [0.2, 0.25) is 0 Å². The molecule has 1 heterocycles. The first-order chi connectivity index (χ1) is 10.0. The predicted molar refractivity (Wildman–Crippen MR) is 79.5 cm³/mol. The molecule has 1 fully saturated rings. The maximum absolute atomic E-state index is 11.4. The van der Waals surface area contributed by atoms with E-state index in [1.54, 1.807) is 6.07 Å². The van der Waals surface area contributed by atoms with Gasteiger partial charge in [-0.3, -0.25) is 9.69 Å². The number of carboxylic acid groups (broad SMARTS) is 1. The quantitative estimate of drug-likeness (QED) is 0.873. The van der Waals surface area contributed by atoms with Gasteiger partial charge in [-0.05, 0) is 50.0 Å². The second kappa shape index (κ2) is 6.35. The van der Waals surface area contributed by atoms with Crippen LogP contribution >= 0.6 is 0 Å². The van der Waals surface area contributed by atoms with Crippen LogP contribution in [0, 0.1) is 5.41 Å². The number of phenolic OH excluding ortho intramolecular Hbond substituents is 1. The van der Waals surface area contributed by atoms with E-state index < -0.39 is 11.4 Å². The molecule has 0 amide bonds. The molecule has 0 saturated carbocycles. The summed E-state index contributed by atoms with van der Waals surface area (Å²) in [5.74, 6) is -0.0651. The van der Waals surface area contributed by atoms with E-state index in [-0.39, 0.29) is 5.75 Å². The van der Waals surface area contributed by atoms with Crippen molar-refractivity contribution in [1.82, 2.24) is 4.90 Å². The van der Waals surface area contributed by atoms with Gasteiger partial charge in [-0.1, -0.05) is 13.0 Å². The van der Waals surface area contributed by atoms with Gasteiger partial charge in [0.05, 0.1) is 12.5 Å². The molecule has 2 N–H and O–H groups in total. The number of rotatable bonds is 5. The maximum Gasteiger partial charge on any atom is 0.309 e. The summed E-state index contributed by atoms with van der Waals surface area (Å²) in [5.41, 5.74) is 0.507. The molecule has 21 heavy (non-hydrogen) atoms. The average molecular weight is 293 g/mol. The number of carbonyl (C=O) groups is 1. The van der Waals surface area contributed by atoms with Gasteiger partial charge in [0, 0.05) is 6.54 Å². The molecule has 0 unspecified atom stereocenters. The normalized spacial score (nSPS) is 18.4. The first-order valence-electron chi connectivity index (χ1n) is 7.32. The minimum atomic E-state index is -0.670. The van der Waals surface area contributed by atoms with E-state index >= 15 is 0 Å². The number of hydrogen-bond acceptors (Lipinski definition) is 4. The van der Waals surface area contributed by atoms with Crippen molar-refractivity contribution in [3.05, 3.63) is 23.8 Å². The molecule has 1 aromatic rings. The van der Waals surface area contributed by atoms with Crippen molar-refractivity contribution in [3.63, 3.8) is 0 Å². The SMILES string of the molecule is CCC1(C(=O)O)CCN(Cc2ccc(O)c(OC)c2)CC1. The molecule has 0 bridgehead atoms. The molecule has 1 aliphatic heterocycles. The zero-order valence-corrected chi connectivity index (χ0v) is 12.6. The van der Waals surface area contributed by atoms with Crippen molar-refractivity contribution in [2.75, 3.05) is 20.2 Å². The number of hydrogen-bond donors (Lipinski definition) is 2. The number of ether oxygens (including phenoxy) is 1. The van der Waals surface area contributed by atoms with Crippen molar-refractivity contribution >= 4 is 5.97 Å². The Kier molecular flexibility index (Phi) is 4.73. The van der Waals surface area contributed by atoms with Gasteiger partial charge >= 0.3 is 5.97 Å². The zero-order valence-electron chi connectivity index (χ0n) is 12.6. The van der Waals surface area contributed by atoms with E-state index in [0.717, 1.165) is 25.2 Å². The summed E-state index contributed by atoms with van der Waals surface area (Å²) in [6, 6.07) is 5.33. The standard InChI is InChI=1S/C16H23NO4/c1-3-16(15(19)20)6-8-17(9-7-16)11-12-4-5-13(18)14(10-12)21-2/h4-5,10,18H,3,6-9,11H2,1-2H3,(H,19,20). The smallest absolute Gasteiger partial charge is 0.309 e. The first kappa shape index (κ1) is 15.6. The van der Waals surface area contributed by atoms with Gasteiger partial charge < -0.3 is 14.9 Å². The highest BCUT2D eigenvalue weighted by Crippen LogP contribution is 2.36. The predicted octanol–water partition coefficient (Wildman–Crippen LogP) is 2.48. The summed E-state index contributed by atoms with van der Waals surface area (Å²) in [5, 5.41) is 19.0. The van der Waals surface area contributed by atoms with Crippen LogP contribution in [0.5, 0.6) is 11.5 Å². The summed E-state index contributed by atoms with van der Waals surface area (Å²) < 4.78 is 5.11. The Bertz CT molecular complexity index is 507. The molecular weight excluding hydrogens is 270 g/mol. The van der Waals surface area contributed by atoms with Crippen molar-refractivity contribution in [2.24, 2.45) is 5.41 Å². The van der Waals surface area contributed by atoms with Crippen LogP contribution in [0.1, 0.15) is 31.7 Å². The van der Waals surface area contributed by atoms with Crippen LogP contribution in [0.15, 0.2) is 18.2 Å². The number of carboxylic acids is 1. The first-order valence-corrected chi connectivity index (χ1v) is 7.32. The van der Waals surface area contributed by atoms with Gasteiger partial charge in [-0.15, -0.1) is 0 Å². The van der Waals surface area contributed by atoms with E-state index in [1.807, 2.05) is 19.1 Å². The summed E-state index contributed by atoms with van der Waals surface area (Å²) in [6.45, 7) is 4.26. The molecule has 0 radical (unpaired) electrons. The molecule has 116 valence electrons. The van der Waals surface area contributed by atoms with E-state index in [9.17, 15) is 15.0 Å². The monoisotopic (exact) mass is 293 g/mol. The van der Waals surface area contributed by atoms with Gasteiger partial charge in [-0.2, -0.15) is 0 Å². The Labute approximate surface area is 125 Å². The Morgan fingerprint density at radius 2 is 2.05 bits per heavy atom. The summed E-state index contributed by atoms with van der Waals surface area (Å²) in [4.78, 5) is 13.7. The number of phenols is 1. The largest absolute Gasteiger partial charge is 0.504 e. The molecule has 1 aromatic carbocycles. The highest BCUT2D eigenvalue weighted by molar-refractivity contribution is 5.74. The summed E-state index contributed by atoms with van der Waals surface area (Å²) in [7, 11) is 1.53. The Hall–Kier alpha value is -1.75. The molecule has 0 aliphatic carbocycles. The van der Waals surface area contributed by atoms with Crippen molar-refractivity contribution < 1.29 is 19.7 Å². The van der Waals surface area contributed by atoms with Gasteiger partial charge in [-0.25, -0.2) is 0 Å². The topological polar surface area (TPSA) is 70.0 Å². The summed E-state index contributed by atoms with van der Waals surface area (Å²) in [6.07, 6.45) is 2.06. The molecular formula is C16H23NO4. The minimum Gasteiger partial charge on any atom is -0.504 e. The van der Waals surface area contributed by atoms with Crippen LogP contribution < -0.4 is 4.74 Å². The number of aliphatic carboxylic acids is 1. The molecule has 1 saturated heterocycles. The second-order valence-electron chi connectivity index (χ2n) is 5.72. The molecule has 0 spiro atoms. The van der Waals surface area contributed by atoms with Gasteiger partial charge in [0.1, 0.15) is 0 Å². The number of methoxy groups -OCH3 is 1. The van der Waals surface area contributed by atoms with Crippen LogP contribution in [0.2, 0.25) is 0 Å².